The van der Waals surface area contributed by atoms with Crippen molar-refractivity contribution in [3.63, 3.8) is 0 Å². The Hall–Kier alpha value is -2.42. The Morgan fingerprint density at radius 3 is 2.57 bits per heavy atom. The predicted octanol–water partition coefficient (Wildman–Crippen LogP) is 2.43. The van der Waals surface area contributed by atoms with Gasteiger partial charge in [-0.25, -0.2) is 13.6 Å². The molecule has 4 N–H and O–H groups in total. The summed E-state index contributed by atoms with van der Waals surface area (Å²) in [5.74, 6) is 0.00590. The number of likely N-dealkylation sites (tertiary alicyclic amines) is 1. The highest BCUT2D eigenvalue weighted by Gasteiger charge is 2.27. The van der Waals surface area contributed by atoms with Crippen LogP contribution in [-0.2, 0) is 14.8 Å². The van der Waals surface area contributed by atoms with E-state index in [0.717, 1.165) is 36.1 Å². The van der Waals surface area contributed by atoms with Crippen molar-refractivity contribution in [1.82, 2.24) is 4.90 Å². The van der Waals surface area contributed by atoms with Crippen LogP contribution in [-0.4, -0.2) is 37.4 Å². The molecule has 0 aromatic heterocycles. The van der Waals surface area contributed by atoms with Gasteiger partial charge in [0.05, 0.1) is 11.4 Å². The number of aryl methyl sites for hydroxylation is 1. The number of carbonyl (C=O) groups is 1. The molecule has 7 nitrogen and oxygen atoms in total. The fraction of sp³-hybridized carbons (Fsp3) is 0.350. The van der Waals surface area contributed by atoms with Crippen molar-refractivity contribution in [1.29, 1.82) is 0 Å². The summed E-state index contributed by atoms with van der Waals surface area (Å²) in [5.41, 5.74) is 3.06. The quantitative estimate of drug-likeness (QED) is 0.710. The molecular weight excluding hydrogens is 378 g/mol. The van der Waals surface area contributed by atoms with Gasteiger partial charge in [0.15, 0.2) is 0 Å². The molecule has 1 amide bonds. The molecule has 0 unspecified atom stereocenters. The third-order valence-corrected chi connectivity index (χ3v) is 6.12. The number of primary sulfonamides is 1. The van der Waals surface area contributed by atoms with Crippen molar-refractivity contribution < 1.29 is 18.3 Å². The highest BCUT2D eigenvalue weighted by atomic mass is 32.2. The molecular formula is C20H25N3O4S. The summed E-state index contributed by atoms with van der Waals surface area (Å²) in [6.07, 6.45) is 1.93. The molecule has 1 aliphatic rings. The first-order valence-corrected chi connectivity index (χ1v) is 10.7. The van der Waals surface area contributed by atoms with Crippen LogP contribution >= 0.6 is 0 Å². The van der Waals surface area contributed by atoms with E-state index in [0.29, 0.717) is 5.69 Å². The van der Waals surface area contributed by atoms with E-state index in [9.17, 15) is 18.3 Å². The van der Waals surface area contributed by atoms with Crippen molar-refractivity contribution in [3.05, 3.63) is 53.1 Å². The SMILES string of the molecule is Cc1cc(S(N)(=O)=O)cc(NC(=O)CN2CCC[C@@H]2c2ccc(O)cc2)c1C. The molecule has 1 aliphatic heterocycles. The van der Waals surface area contributed by atoms with E-state index in [1.54, 1.807) is 19.1 Å². The third-order valence-electron chi connectivity index (χ3n) is 5.23. The van der Waals surface area contributed by atoms with Crippen LogP contribution in [0, 0.1) is 13.8 Å². The summed E-state index contributed by atoms with van der Waals surface area (Å²) in [5, 5.41) is 17.5. The first-order valence-electron chi connectivity index (χ1n) is 9.12. The van der Waals surface area contributed by atoms with E-state index in [-0.39, 0.29) is 29.1 Å². The molecule has 0 radical (unpaired) electrons. The van der Waals surface area contributed by atoms with Crippen LogP contribution in [0.2, 0.25) is 0 Å². The van der Waals surface area contributed by atoms with Crippen LogP contribution in [0.5, 0.6) is 5.75 Å². The van der Waals surface area contributed by atoms with Crippen molar-refractivity contribution in [2.24, 2.45) is 5.14 Å². The minimum atomic E-state index is -3.85. The molecule has 2 aromatic carbocycles. The molecule has 28 heavy (non-hydrogen) atoms. The summed E-state index contributed by atoms with van der Waals surface area (Å²) in [6, 6.07) is 10.1. The van der Waals surface area contributed by atoms with Crippen molar-refractivity contribution >= 4 is 21.6 Å². The minimum absolute atomic E-state index is 0.0194. The number of nitrogens with two attached hydrogens (primary N) is 1. The number of amides is 1. The number of sulfonamides is 1. The molecule has 0 saturated carbocycles. The Morgan fingerprint density at radius 1 is 1.25 bits per heavy atom. The topological polar surface area (TPSA) is 113 Å². The first-order chi connectivity index (χ1) is 13.1. The molecule has 1 saturated heterocycles. The lowest BCUT2D eigenvalue weighted by Crippen LogP contribution is -2.33. The second kappa shape index (κ2) is 7.90. The van der Waals surface area contributed by atoms with Crippen LogP contribution in [0.25, 0.3) is 0 Å². The summed E-state index contributed by atoms with van der Waals surface area (Å²) in [7, 11) is -3.85. The molecule has 150 valence electrons. The molecule has 1 fully saturated rings. The Balaban J connectivity index is 1.75. The Morgan fingerprint density at radius 2 is 1.93 bits per heavy atom. The number of rotatable bonds is 5. The lowest BCUT2D eigenvalue weighted by Gasteiger charge is -2.24. The molecule has 0 spiro atoms. The van der Waals surface area contributed by atoms with Crippen LogP contribution in [0.1, 0.15) is 35.6 Å². The number of phenolic OH excluding ortho intramolecular Hbond substituents is 1. The highest BCUT2D eigenvalue weighted by Crippen LogP contribution is 2.32. The number of phenols is 1. The molecule has 3 rings (SSSR count). The average molecular weight is 404 g/mol. The van der Waals surface area contributed by atoms with Gasteiger partial charge in [-0.15, -0.1) is 0 Å². The van der Waals surface area contributed by atoms with Gasteiger partial charge in [-0.3, -0.25) is 9.69 Å². The third kappa shape index (κ3) is 4.52. The highest BCUT2D eigenvalue weighted by molar-refractivity contribution is 7.89. The monoisotopic (exact) mass is 403 g/mol. The number of benzene rings is 2. The lowest BCUT2D eigenvalue weighted by atomic mass is 10.0. The Labute approximate surface area is 165 Å². The normalized spacial score (nSPS) is 17.6. The van der Waals surface area contributed by atoms with Crippen LogP contribution in [0.4, 0.5) is 5.69 Å². The Kier molecular flexibility index (Phi) is 5.74. The zero-order valence-electron chi connectivity index (χ0n) is 16.0. The molecule has 1 heterocycles. The number of aromatic hydroxyl groups is 1. The largest absolute Gasteiger partial charge is 0.508 e. The van der Waals surface area contributed by atoms with Crippen molar-refractivity contribution in [2.45, 2.75) is 37.6 Å². The maximum absolute atomic E-state index is 12.7. The maximum Gasteiger partial charge on any atom is 0.238 e. The lowest BCUT2D eigenvalue weighted by molar-refractivity contribution is -0.117. The fourth-order valence-corrected chi connectivity index (χ4v) is 4.21. The fourth-order valence-electron chi connectivity index (χ4n) is 3.58. The maximum atomic E-state index is 12.7. The Bertz CT molecular complexity index is 987. The molecule has 1 atom stereocenters. The number of hydrogen-bond acceptors (Lipinski definition) is 5. The standard InChI is InChI=1S/C20H25N3O4S/c1-13-10-17(28(21,26)27)11-18(14(13)2)22-20(25)12-23-9-3-4-19(23)15-5-7-16(24)8-6-15/h5-8,10-11,19,24H,3-4,9,12H2,1-2H3,(H,22,25)(H2,21,26,27)/t19-/m1/s1. The summed E-state index contributed by atoms with van der Waals surface area (Å²) < 4.78 is 23.4. The molecule has 2 aromatic rings. The number of nitrogens with zero attached hydrogens (tertiary/aromatic N) is 1. The number of nitrogens with one attached hydrogen (secondary N) is 1. The average Bonchev–Trinajstić information content (AvgIpc) is 3.06. The zero-order chi connectivity index (χ0) is 20.5. The summed E-state index contributed by atoms with van der Waals surface area (Å²) in [6.45, 7) is 4.60. The smallest absolute Gasteiger partial charge is 0.238 e. The zero-order valence-corrected chi connectivity index (χ0v) is 16.8. The molecule has 8 heteroatoms. The number of anilines is 1. The van der Waals surface area contributed by atoms with Crippen LogP contribution in [0.15, 0.2) is 41.3 Å². The van der Waals surface area contributed by atoms with E-state index < -0.39 is 10.0 Å². The van der Waals surface area contributed by atoms with Gasteiger partial charge in [-0.05, 0) is 74.2 Å². The van der Waals surface area contributed by atoms with Gasteiger partial charge in [-0.2, -0.15) is 0 Å². The predicted molar refractivity (Wildman–Crippen MR) is 108 cm³/mol. The summed E-state index contributed by atoms with van der Waals surface area (Å²) in [4.78, 5) is 14.7. The number of hydrogen-bond donors (Lipinski definition) is 3. The first kappa shape index (κ1) is 20.3. The van der Waals surface area contributed by atoms with Crippen molar-refractivity contribution in [2.75, 3.05) is 18.4 Å². The number of carbonyl (C=O) groups excluding carboxylic acids is 1. The van der Waals surface area contributed by atoms with Gasteiger partial charge in [0.2, 0.25) is 15.9 Å². The van der Waals surface area contributed by atoms with E-state index >= 15 is 0 Å². The van der Waals surface area contributed by atoms with E-state index in [1.165, 1.54) is 12.1 Å². The van der Waals surface area contributed by atoms with Crippen LogP contribution in [0.3, 0.4) is 0 Å². The van der Waals surface area contributed by atoms with E-state index in [2.05, 4.69) is 10.2 Å². The van der Waals surface area contributed by atoms with Gasteiger partial charge in [-0.1, -0.05) is 12.1 Å². The van der Waals surface area contributed by atoms with Crippen molar-refractivity contribution in [3.8, 4) is 5.75 Å². The minimum Gasteiger partial charge on any atom is -0.508 e. The van der Waals surface area contributed by atoms with Gasteiger partial charge < -0.3 is 10.4 Å². The van der Waals surface area contributed by atoms with Gasteiger partial charge in [0.25, 0.3) is 0 Å². The molecule has 0 bridgehead atoms. The molecule has 0 aliphatic carbocycles. The van der Waals surface area contributed by atoms with Gasteiger partial charge in [0, 0.05) is 11.7 Å². The second-order valence-electron chi connectivity index (χ2n) is 7.23. The van der Waals surface area contributed by atoms with Gasteiger partial charge >= 0.3 is 0 Å². The van der Waals surface area contributed by atoms with Gasteiger partial charge in [0.1, 0.15) is 5.75 Å². The van der Waals surface area contributed by atoms with Crippen LogP contribution < -0.4 is 10.5 Å². The van der Waals surface area contributed by atoms with E-state index in [1.807, 2.05) is 19.1 Å². The van der Waals surface area contributed by atoms with E-state index in [4.69, 9.17) is 5.14 Å². The summed E-state index contributed by atoms with van der Waals surface area (Å²) >= 11 is 0. The second-order valence-corrected chi connectivity index (χ2v) is 8.79.